The van der Waals surface area contributed by atoms with Gasteiger partial charge in [-0.25, -0.2) is 18.0 Å². The minimum absolute atomic E-state index is 0.194. The van der Waals surface area contributed by atoms with E-state index in [4.69, 9.17) is 9.05 Å². The van der Waals surface area contributed by atoms with Gasteiger partial charge in [-0.3, -0.25) is 0 Å². The molecule has 3 aromatic carbocycles. The maximum Gasteiger partial charge on any atom is 0.453 e. The summed E-state index contributed by atoms with van der Waals surface area (Å²) in [4.78, 5) is 4.13. The van der Waals surface area contributed by atoms with Crippen molar-refractivity contribution in [2.45, 2.75) is 24.7 Å². The number of hydrogen-bond acceptors (Lipinski definition) is 6. The first-order valence-corrected chi connectivity index (χ1v) is 14.0. The maximum absolute atomic E-state index is 14.5. The van der Waals surface area contributed by atoms with Gasteiger partial charge < -0.3 is 9.05 Å². The average Bonchev–Trinajstić information content (AvgIpc) is 2.84. The molecule has 1 heterocycles. The molecule has 180 valence electrons. The van der Waals surface area contributed by atoms with Crippen molar-refractivity contribution in [2.24, 2.45) is 0 Å². The fraction of sp³-hybridized carbons (Fsp3) is 0.115. The van der Waals surface area contributed by atoms with Crippen LogP contribution in [0.25, 0.3) is 0 Å². The number of pyridine rings is 1. The molecule has 0 fully saturated rings. The van der Waals surface area contributed by atoms with Crippen LogP contribution in [0.15, 0.2) is 108 Å². The summed E-state index contributed by atoms with van der Waals surface area (Å²) in [6.45, 7) is 3.60. The van der Waals surface area contributed by atoms with Crippen LogP contribution in [0, 0.1) is 13.8 Å². The topological polar surface area (TPSA) is 94.6 Å². The van der Waals surface area contributed by atoms with Crippen molar-refractivity contribution in [3.63, 3.8) is 0 Å². The van der Waals surface area contributed by atoms with Gasteiger partial charge in [-0.1, -0.05) is 72.3 Å². The summed E-state index contributed by atoms with van der Waals surface area (Å²) in [5.74, 6) is -0.815. The molecule has 0 spiro atoms. The Morgan fingerprint density at radius 3 is 1.80 bits per heavy atom. The lowest BCUT2D eigenvalue weighted by Crippen LogP contribution is -2.31. The third-order valence-corrected chi connectivity index (χ3v) is 8.55. The Labute approximate surface area is 205 Å². The van der Waals surface area contributed by atoms with Crippen molar-refractivity contribution in [3.8, 4) is 11.5 Å². The van der Waals surface area contributed by atoms with Gasteiger partial charge >= 0.3 is 7.60 Å². The number of rotatable bonds is 9. The highest BCUT2D eigenvalue weighted by Gasteiger charge is 2.43. The minimum Gasteiger partial charge on any atom is -0.415 e. The van der Waals surface area contributed by atoms with Crippen LogP contribution < -0.4 is 13.8 Å². The van der Waals surface area contributed by atoms with Gasteiger partial charge in [0.1, 0.15) is 11.5 Å². The molecule has 0 amide bonds. The number of benzene rings is 3. The molecule has 0 aliphatic carbocycles. The van der Waals surface area contributed by atoms with Crippen molar-refractivity contribution in [1.29, 1.82) is 0 Å². The van der Waals surface area contributed by atoms with Gasteiger partial charge in [0.2, 0.25) is 0 Å². The second-order valence-electron chi connectivity index (χ2n) is 7.90. The van der Waals surface area contributed by atoms with Crippen LogP contribution in [0.4, 0.5) is 0 Å². The molecule has 7 nitrogen and oxygen atoms in total. The normalized spacial score (nSPS) is 12.6. The third kappa shape index (κ3) is 6.17. The Morgan fingerprint density at radius 1 is 0.743 bits per heavy atom. The van der Waals surface area contributed by atoms with E-state index in [1.807, 2.05) is 6.92 Å². The highest BCUT2D eigenvalue weighted by molar-refractivity contribution is 7.89. The SMILES string of the molecule is Cc1ccc(C(NS(=O)(=O)c2cccc(C)n2)P(=O)(Oc2ccccc2)Oc2ccccc2)cc1. The van der Waals surface area contributed by atoms with E-state index >= 15 is 0 Å². The fourth-order valence-electron chi connectivity index (χ4n) is 3.32. The predicted octanol–water partition coefficient (Wildman–Crippen LogP) is 6.03. The molecule has 1 unspecified atom stereocenters. The highest BCUT2D eigenvalue weighted by Crippen LogP contribution is 2.59. The number of para-hydroxylation sites is 2. The minimum atomic E-state index is -4.26. The zero-order valence-electron chi connectivity index (χ0n) is 19.2. The van der Waals surface area contributed by atoms with Crippen molar-refractivity contribution < 1.29 is 22.0 Å². The number of aromatic nitrogens is 1. The Hall–Kier alpha value is -3.45. The molecule has 1 atom stereocenters. The Bertz CT molecular complexity index is 1380. The summed E-state index contributed by atoms with van der Waals surface area (Å²) >= 11 is 0. The van der Waals surface area contributed by atoms with Gasteiger partial charge in [0.05, 0.1) is 0 Å². The summed E-state index contributed by atoms with van der Waals surface area (Å²) in [7, 11) is -8.46. The molecule has 4 rings (SSSR count). The molecular weight excluding hydrogens is 483 g/mol. The van der Waals surface area contributed by atoms with E-state index in [0.29, 0.717) is 11.3 Å². The molecule has 0 saturated carbocycles. The van der Waals surface area contributed by atoms with Crippen LogP contribution >= 0.6 is 7.60 Å². The van der Waals surface area contributed by atoms with Crippen molar-refractivity contribution >= 4 is 17.6 Å². The summed E-state index contributed by atoms with van der Waals surface area (Å²) in [5.41, 5.74) is 1.91. The zero-order valence-corrected chi connectivity index (χ0v) is 20.9. The highest BCUT2D eigenvalue weighted by atomic mass is 32.2. The van der Waals surface area contributed by atoms with Gasteiger partial charge in [-0.05, 0) is 55.8 Å². The lowest BCUT2D eigenvalue weighted by atomic mass is 10.1. The summed E-state index contributed by atoms with van der Waals surface area (Å²) in [5, 5.41) is -0.194. The lowest BCUT2D eigenvalue weighted by molar-refractivity contribution is 0.368. The van der Waals surface area contributed by atoms with Crippen LogP contribution in [0.5, 0.6) is 11.5 Å². The molecule has 0 radical (unpaired) electrons. The maximum atomic E-state index is 14.5. The zero-order chi connectivity index (χ0) is 24.9. The second kappa shape index (κ2) is 10.4. The van der Waals surface area contributed by atoms with Gasteiger partial charge in [0.25, 0.3) is 10.0 Å². The Morgan fingerprint density at radius 2 is 1.29 bits per heavy atom. The van der Waals surface area contributed by atoms with Gasteiger partial charge in [0.15, 0.2) is 10.8 Å². The van der Waals surface area contributed by atoms with Crippen LogP contribution in [0.2, 0.25) is 0 Å². The van der Waals surface area contributed by atoms with Crippen LogP contribution in [0.3, 0.4) is 0 Å². The molecule has 4 aromatic rings. The van der Waals surface area contributed by atoms with Crippen LogP contribution in [-0.2, 0) is 14.6 Å². The molecule has 0 aliphatic rings. The number of hydrogen-bond donors (Lipinski definition) is 1. The Balaban J connectivity index is 1.83. The third-order valence-electron chi connectivity index (χ3n) is 5.07. The van der Waals surface area contributed by atoms with E-state index in [-0.39, 0.29) is 16.5 Å². The van der Waals surface area contributed by atoms with E-state index in [9.17, 15) is 13.0 Å². The molecule has 0 saturated heterocycles. The van der Waals surface area contributed by atoms with E-state index in [2.05, 4.69) is 9.71 Å². The van der Waals surface area contributed by atoms with Gasteiger partial charge in [0, 0.05) is 5.69 Å². The first-order valence-electron chi connectivity index (χ1n) is 10.9. The lowest BCUT2D eigenvalue weighted by Gasteiger charge is -2.28. The summed E-state index contributed by atoms with van der Waals surface area (Å²) < 4.78 is 55.7. The van der Waals surface area contributed by atoms with E-state index in [0.717, 1.165) is 5.56 Å². The summed E-state index contributed by atoms with van der Waals surface area (Å²) in [6, 6.07) is 28.7. The standard InChI is InChI=1S/C26H25N2O5PS/c1-20-16-18-22(19-17-20)26(28-35(30,31)25-15-9-10-21(2)27-25)34(29,32-23-11-5-3-6-12-23)33-24-13-7-4-8-14-24/h3-19,26,28H,1-2H3. The predicted molar refractivity (Wildman–Crippen MR) is 135 cm³/mol. The van der Waals surface area contributed by atoms with Crippen LogP contribution in [-0.4, -0.2) is 13.4 Å². The summed E-state index contributed by atoms with van der Waals surface area (Å²) in [6.07, 6.45) is 0. The van der Waals surface area contributed by atoms with E-state index < -0.39 is 23.4 Å². The van der Waals surface area contributed by atoms with Crippen LogP contribution in [0.1, 0.15) is 22.6 Å². The number of aryl methyl sites for hydroxylation is 2. The van der Waals surface area contributed by atoms with E-state index in [1.54, 1.807) is 104 Å². The monoisotopic (exact) mass is 508 g/mol. The molecule has 35 heavy (non-hydrogen) atoms. The Kier molecular flexibility index (Phi) is 7.36. The number of sulfonamides is 1. The first-order chi connectivity index (χ1) is 16.7. The molecule has 9 heteroatoms. The van der Waals surface area contributed by atoms with Crippen molar-refractivity contribution in [2.75, 3.05) is 0 Å². The van der Waals surface area contributed by atoms with Crippen molar-refractivity contribution in [1.82, 2.24) is 9.71 Å². The average molecular weight is 509 g/mol. The van der Waals surface area contributed by atoms with Gasteiger partial charge in [-0.2, -0.15) is 4.72 Å². The van der Waals surface area contributed by atoms with Gasteiger partial charge in [-0.15, -0.1) is 0 Å². The molecule has 1 aromatic heterocycles. The quantitative estimate of drug-likeness (QED) is 0.278. The second-order valence-corrected chi connectivity index (χ2v) is 11.5. The number of nitrogens with one attached hydrogen (secondary N) is 1. The first kappa shape index (κ1) is 24.7. The smallest absolute Gasteiger partial charge is 0.415 e. The number of nitrogens with zero attached hydrogens (tertiary/aromatic N) is 1. The fourth-order valence-corrected chi connectivity index (χ4v) is 6.94. The van der Waals surface area contributed by atoms with E-state index in [1.165, 1.54) is 6.07 Å². The van der Waals surface area contributed by atoms with Crippen molar-refractivity contribution in [3.05, 3.63) is 120 Å². The molecule has 1 N–H and O–H groups in total. The molecular formula is C26H25N2O5PS. The largest absolute Gasteiger partial charge is 0.453 e. The molecule has 0 aliphatic heterocycles. The molecule has 0 bridgehead atoms.